The van der Waals surface area contributed by atoms with Gasteiger partial charge in [0.15, 0.2) is 0 Å². The van der Waals surface area contributed by atoms with Crippen LogP contribution in [-0.2, 0) is 4.79 Å². The van der Waals surface area contributed by atoms with Crippen LogP contribution < -0.4 is 10.6 Å². The molecule has 5 heteroatoms. The molecule has 142 valence electrons. The van der Waals surface area contributed by atoms with Gasteiger partial charge >= 0.3 is 6.03 Å². The number of urea groups is 1. The van der Waals surface area contributed by atoms with Crippen molar-refractivity contribution in [3.8, 4) is 0 Å². The predicted octanol–water partition coefficient (Wildman–Crippen LogP) is 4.72. The van der Waals surface area contributed by atoms with Crippen LogP contribution in [0.5, 0.6) is 0 Å². The van der Waals surface area contributed by atoms with Crippen LogP contribution in [0.25, 0.3) is 10.8 Å². The lowest BCUT2D eigenvalue weighted by Gasteiger charge is -2.32. The molecule has 28 heavy (non-hydrogen) atoms. The average Bonchev–Trinajstić information content (AvgIpc) is 2.74. The van der Waals surface area contributed by atoms with Gasteiger partial charge in [0, 0.05) is 24.5 Å². The summed E-state index contributed by atoms with van der Waals surface area (Å²) in [5, 5.41) is 8.14. The van der Waals surface area contributed by atoms with Crippen molar-refractivity contribution in [2.24, 2.45) is 5.92 Å². The van der Waals surface area contributed by atoms with Crippen molar-refractivity contribution in [1.82, 2.24) is 4.90 Å². The third kappa shape index (κ3) is 4.14. The summed E-state index contributed by atoms with van der Waals surface area (Å²) in [6, 6.07) is 23.2. The van der Waals surface area contributed by atoms with Gasteiger partial charge in [-0.25, -0.2) is 4.79 Å². The molecular weight excluding hydrogens is 350 g/mol. The zero-order valence-corrected chi connectivity index (χ0v) is 15.6. The van der Waals surface area contributed by atoms with E-state index < -0.39 is 0 Å². The molecule has 2 N–H and O–H groups in total. The fourth-order valence-corrected chi connectivity index (χ4v) is 3.61. The Balaban J connectivity index is 1.39. The molecule has 1 aliphatic heterocycles. The molecule has 3 aromatic rings. The van der Waals surface area contributed by atoms with E-state index in [9.17, 15) is 9.59 Å². The number of hydrogen-bond acceptors (Lipinski definition) is 2. The number of fused-ring (bicyclic) bond motifs is 1. The van der Waals surface area contributed by atoms with Gasteiger partial charge in [-0.3, -0.25) is 4.79 Å². The quantitative estimate of drug-likeness (QED) is 0.698. The van der Waals surface area contributed by atoms with E-state index >= 15 is 0 Å². The van der Waals surface area contributed by atoms with Gasteiger partial charge in [-0.15, -0.1) is 0 Å². The molecule has 0 saturated carbocycles. The van der Waals surface area contributed by atoms with Crippen molar-refractivity contribution >= 4 is 34.1 Å². The third-order valence-electron chi connectivity index (χ3n) is 5.12. The zero-order valence-electron chi connectivity index (χ0n) is 15.6. The molecule has 0 radical (unpaired) electrons. The van der Waals surface area contributed by atoms with Crippen molar-refractivity contribution in [3.05, 3.63) is 72.8 Å². The van der Waals surface area contributed by atoms with E-state index in [0.717, 1.165) is 35.0 Å². The summed E-state index contributed by atoms with van der Waals surface area (Å²) in [5.41, 5.74) is 1.55. The minimum Gasteiger partial charge on any atom is -0.326 e. The molecule has 0 bridgehead atoms. The summed E-state index contributed by atoms with van der Waals surface area (Å²) < 4.78 is 0. The lowest BCUT2D eigenvalue weighted by atomic mass is 9.97. The first-order valence-electron chi connectivity index (χ1n) is 9.60. The van der Waals surface area contributed by atoms with E-state index in [0.29, 0.717) is 13.1 Å². The molecule has 3 amide bonds. The lowest BCUT2D eigenvalue weighted by Crippen LogP contribution is -2.45. The van der Waals surface area contributed by atoms with Crippen LogP contribution in [0.3, 0.4) is 0 Å². The molecule has 1 aliphatic rings. The maximum absolute atomic E-state index is 12.8. The summed E-state index contributed by atoms with van der Waals surface area (Å²) in [5.74, 6) is -0.241. The number of likely N-dealkylation sites (tertiary alicyclic amines) is 1. The standard InChI is InChI=1S/C23H23N3O2/c27-22(24-21-13-12-17-7-4-5-8-18(17)15-21)19-9-6-14-26(16-19)23(28)25-20-10-2-1-3-11-20/h1-5,7-8,10-13,15,19H,6,9,14,16H2,(H,24,27)(H,25,28)/t19-/m1/s1. The Morgan fingerprint density at radius 3 is 2.39 bits per heavy atom. The summed E-state index contributed by atoms with van der Waals surface area (Å²) >= 11 is 0. The minimum absolute atomic E-state index is 0.0347. The number of carbonyl (C=O) groups is 2. The summed E-state index contributed by atoms with van der Waals surface area (Å²) in [6.07, 6.45) is 1.60. The van der Waals surface area contributed by atoms with Gasteiger partial charge in [0.25, 0.3) is 0 Å². The highest BCUT2D eigenvalue weighted by molar-refractivity contribution is 5.96. The van der Waals surface area contributed by atoms with E-state index in [1.807, 2.05) is 72.8 Å². The molecule has 0 aliphatic carbocycles. The van der Waals surface area contributed by atoms with E-state index in [-0.39, 0.29) is 17.9 Å². The van der Waals surface area contributed by atoms with Gasteiger partial charge in [-0.1, -0.05) is 48.5 Å². The summed E-state index contributed by atoms with van der Waals surface area (Å²) in [6.45, 7) is 1.09. The second-order valence-corrected chi connectivity index (χ2v) is 7.13. The molecular formula is C23H23N3O2. The molecule has 1 atom stereocenters. The molecule has 5 nitrogen and oxygen atoms in total. The number of amides is 3. The Kier molecular flexibility index (Phi) is 5.24. The number of nitrogens with one attached hydrogen (secondary N) is 2. The average molecular weight is 373 g/mol. The number of rotatable bonds is 3. The van der Waals surface area contributed by atoms with Crippen LogP contribution in [0.2, 0.25) is 0 Å². The lowest BCUT2D eigenvalue weighted by molar-refractivity contribution is -0.121. The van der Waals surface area contributed by atoms with Gasteiger partial charge in [0.2, 0.25) is 5.91 Å². The van der Waals surface area contributed by atoms with Gasteiger partial charge in [0.1, 0.15) is 0 Å². The second-order valence-electron chi connectivity index (χ2n) is 7.13. The Hall–Kier alpha value is -3.34. The molecule has 3 aromatic carbocycles. The normalized spacial score (nSPS) is 16.6. The largest absolute Gasteiger partial charge is 0.326 e. The Morgan fingerprint density at radius 2 is 1.57 bits per heavy atom. The number of para-hydroxylation sites is 1. The number of anilines is 2. The highest BCUT2D eigenvalue weighted by Crippen LogP contribution is 2.22. The third-order valence-corrected chi connectivity index (χ3v) is 5.12. The first-order chi connectivity index (χ1) is 13.7. The Bertz CT molecular complexity index is 987. The highest BCUT2D eigenvalue weighted by atomic mass is 16.2. The molecule has 0 unspecified atom stereocenters. The first-order valence-corrected chi connectivity index (χ1v) is 9.60. The number of carbonyl (C=O) groups excluding carboxylic acids is 2. The van der Waals surface area contributed by atoms with E-state index in [4.69, 9.17) is 0 Å². The fourth-order valence-electron chi connectivity index (χ4n) is 3.61. The van der Waals surface area contributed by atoms with Crippen molar-refractivity contribution in [1.29, 1.82) is 0 Å². The predicted molar refractivity (Wildman–Crippen MR) is 112 cm³/mol. The smallest absolute Gasteiger partial charge is 0.321 e. The molecule has 1 heterocycles. The zero-order chi connectivity index (χ0) is 19.3. The van der Waals surface area contributed by atoms with Gasteiger partial charge in [0.05, 0.1) is 5.92 Å². The molecule has 1 fully saturated rings. The van der Waals surface area contributed by atoms with E-state index in [1.54, 1.807) is 4.90 Å². The number of hydrogen-bond donors (Lipinski definition) is 2. The van der Waals surface area contributed by atoms with Crippen LogP contribution >= 0.6 is 0 Å². The van der Waals surface area contributed by atoms with E-state index in [1.165, 1.54) is 0 Å². The topological polar surface area (TPSA) is 61.4 Å². The maximum Gasteiger partial charge on any atom is 0.321 e. The molecule has 0 spiro atoms. The van der Waals surface area contributed by atoms with Crippen molar-refractivity contribution in [3.63, 3.8) is 0 Å². The number of benzene rings is 3. The van der Waals surface area contributed by atoms with Gasteiger partial charge in [-0.05, 0) is 47.9 Å². The fraction of sp³-hybridized carbons (Fsp3) is 0.217. The number of nitrogens with zero attached hydrogens (tertiary/aromatic N) is 1. The van der Waals surface area contributed by atoms with Crippen molar-refractivity contribution < 1.29 is 9.59 Å². The van der Waals surface area contributed by atoms with Gasteiger partial charge in [-0.2, -0.15) is 0 Å². The monoisotopic (exact) mass is 373 g/mol. The highest BCUT2D eigenvalue weighted by Gasteiger charge is 2.28. The van der Waals surface area contributed by atoms with Crippen LogP contribution in [0.15, 0.2) is 72.8 Å². The van der Waals surface area contributed by atoms with E-state index in [2.05, 4.69) is 10.6 Å². The summed E-state index contributed by atoms with van der Waals surface area (Å²) in [4.78, 5) is 27.0. The maximum atomic E-state index is 12.8. The first kappa shape index (κ1) is 18.0. The Morgan fingerprint density at radius 1 is 0.821 bits per heavy atom. The van der Waals surface area contributed by atoms with Gasteiger partial charge < -0.3 is 15.5 Å². The van der Waals surface area contributed by atoms with Crippen molar-refractivity contribution in [2.45, 2.75) is 12.8 Å². The van der Waals surface area contributed by atoms with Crippen LogP contribution in [-0.4, -0.2) is 29.9 Å². The van der Waals surface area contributed by atoms with Crippen LogP contribution in [0.4, 0.5) is 16.2 Å². The molecule has 1 saturated heterocycles. The molecule has 4 rings (SSSR count). The Labute approximate surface area is 164 Å². The molecule has 0 aromatic heterocycles. The number of piperidine rings is 1. The van der Waals surface area contributed by atoms with Crippen LogP contribution in [0, 0.1) is 5.92 Å². The minimum atomic E-state index is -0.207. The SMILES string of the molecule is O=C(Nc1ccc2ccccc2c1)[C@@H]1CCCN(C(=O)Nc2ccccc2)C1. The second kappa shape index (κ2) is 8.13. The summed E-state index contributed by atoms with van der Waals surface area (Å²) in [7, 11) is 0. The van der Waals surface area contributed by atoms with Crippen molar-refractivity contribution in [2.75, 3.05) is 23.7 Å². The van der Waals surface area contributed by atoms with Crippen LogP contribution in [0.1, 0.15) is 12.8 Å².